The van der Waals surface area contributed by atoms with Crippen LogP contribution in [0.1, 0.15) is 40.0 Å². The molecular weight excluding hydrogens is 212 g/mol. The molecule has 4 bridgehead atoms. The summed E-state index contributed by atoms with van der Waals surface area (Å²) in [6.07, 6.45) is 3.34. The third-order valence-corrected chi connectivity index (χ3v) is 6.32. The van der Waals surface area contributed by atoms with Crippen molar-refractivity contribution in [2.75, 3.05) is 6.61 Å². The molecule has 0 heterocycles. The van der Waals surface area contributed by atoms with Gasteiger partial charge in [0.25, 0.3) is 0 Å². The monoisotopic (exact) mass is 236 g/mol. The molecule has 4 aliphatic carbocycles. The van der Waals surface area contributed by atoms with Gasteiger partial charge in [0, 0.05) is 12.3 Å². The largest absolute Gasteiger partial charge is 0.396 e. The summed E-state index contributed by atoms with van der Waals surface area (Å²) in [5, 5.41) is 9.53. The van der Waals surface area contributed by atoms with E-state index in [9.17, 15) is 9.90 Å². The lowest BCUT2D eigenvalue weighted by molar-refractivity contribution is -0.238. The Morgan fingerprint density at radius 3 is 2.76 bits per heavy atom. The minimum absolute atomic E-state index is 0.0449. The summed E-state index contributed by atoms with van der Waals surface area (Å²) in [7, 11) is 0. The Labute approximate surface area is 104 Å². The second-order valence-electron chi connectivity index (χ2n) is 7.12. The molecule has 1 N–H and O–H groups in total. The van der Waals surface area contributed by atoms with E-state index in [2.05, 4.69) is 20.8 Å². The minimum Gasteiger partial charge on any atom is -0.396 e. The molecule has 96 valence electrons. The van der Waals surface area contributed by atoms with E-state index in [4.69, 9.17) is 0 Å². The predicted molar refractivity (Wildman–Crippen MR) is 66.3 cm³/mol. The average molecular weight is 236 g/mol. The van der Waals surface area contributed by atoms with Crippen molar-refractivity contribution < 1.29 is 9.90 Å². The molecule has 0 saturated heterocycles. The lowest BCUT2D eigenvalue weighted by Gasteiger charge is -2.71. The van der Waals surface area contributed by atoms with Crippen LogP contribution in [0.15, 0.2) is 0 Å². The van der Waals surface area contributed by atoms with E-state index in [1.165, 1.54) is 12.8 Å². The molecule has 0 amide bonds. The van der Waals surface area contributed by atoms with Crippen LogP contribution >= 0.6 is 0 Å². The lowest BCUT2D eigenvalue weighted by atomic mass is 9.32. The van der Waals surface area contributed by atoms with Crippen LogP contribution in [0.5, 0.6) is 0 Å². The first-order chi connectivity index (χ1) is 8.00. The topological polar surface area (TPSA) is 37.3 Å². The number of hydrogen-bond donors (Lipinski definition) is 1. The SMILES string of the molecule is CC(C)C1CCC2(C)C3CC(=O)C(CO)C2C13. The van der Waals surface area contributed by atoms with Crippen molar-refractivity contribution in [3.05, 3.63) is 0 Å². The fourth-order valence-electron chi connectivity index (χ4n) is 5.50. The van der Waals surface area contributed by atoms with Gasteiger partial charge in [-0.25, -0.2) is 0 Å². The van der Waals surface area contributed by atoms with Crippen LogP contribution in [-0.2, 0) is 4.79 Å². The fourth-order valence-corrected chi connectivity index (χ4v) is 5.50. The summed E-state index contributed by atoms with van der Waals surface area (Å²) >= 11 is 0. The Hall–Kier alpha value is -0.370. The number of aliphatic hydroxyl groups is 1. The van der Waals surface area contributed by atoms with Crippen LogP contribution in [0, 0.1) is 40.9 Å². The predicted octanol–water partition coefficient (Wildman–Crippen LogP) is 2.50. The molecule has 2 nitrogen and oxygen atoms in total. The zero-order chi connectivity index (χ0) is 12.4. The smallest absolute Gasteiger partial charge is 0.138 e. The fraction of sp³-hybridized carbons (Fsp3) is 0.933. The molecule has 0 radical (unpaired) electrons. The maximum absolute atomic E-state index is 12.0. The number of rotatable bonds is 2. The highest BCUT2D eigenvalue weighted by atomic mass is 16.3. The maximum atomic E-state index is 12.0. The molecule has 4 fully saturated rings. The second kappa shape index (κ2) is 3.57. The van der Waals surface area contributed by atoms with Crippen molar-refractivity contribution in [1.29, 1.82) is 0 Å². The zero-order valence-electron chi connectivity index (χ0n) is 11.1. The van der Waals surface area contributed by atoms with Crippen molar-refractivity contribution in [1.82, 2.24) is 0 Å². The summed E-state index contributed by atoms with van der Waals surface area (Å²) in [5.74, 6) is 3.64. The van der Waals surface area contributed by atoms with Crippen molar-refractivity contribution in [3.8, 4) is 0 Å². The van der Waals surface area contributed by atoms with Gasteiger partial charge < -0.3 is 5.11 Å². The van der Waals surface area contributed by atoms with Gasteiger partial charge in [-0.15, -0.1) is 0 Å². The molecule has 0 aromatic heterocycles. The first-order valence-electron chi connectivity index (χ1n) is 7.14. The molecule has 6 unspecified atom stereocenters. The molecule has 2 heteroatoms. The first-order valence-corrected chi connectivity index (χ1v) is 7.14. The molecule has 4 aliphatic rings. The normalized spacial score (nSPS) is 52.5. The molecule has 4 rings (SSSR count). The third-order valence-electron chi connectivity index (χ3n) is 6.32. The summed E-state index contributed by atoms with van der Waals surface area (Å²) in [4.78, 5) is 12.0. The highest BCUT2D eigenvalue weighted by molar-refractivity contribution is 5.84. The van der Waals surface area contributed by atoms with Gasteiger partial charge in [0.15, 0.2) is 0 Å². The third kappa shape index (κ3) is 1.28. The van der Waals surface area contributed by atoms with E-state index >= 15 is 0 Å². The van der Waals surface area contributed by atoms with Crippen molar-refractivity contribution in [2.24, 2.45) is 40.9 Å². The lowest BCUT2D eigenvalue weighted by Crippen LogP contribution is -2.69. The van der Waals surface area contributed by atoms with Gasteiger partial charge >= 0.3 is 0 Å². The molecule has 4 saturated carbocycles. The van der Waals surface area contributed by atoms with E-state index in [-0.39, 0.29) is 12.5 Å². The van der Waals surface area contributed by atoms with Gasteiger partial charge in [-0.05, 0) is 47.8 Å². The van der Waals surface area contributed by atoms with E-state index in [0.29, 0.717) is 23.0 Å². The van der Waals surface area contributed by atoms with E-state index in [1.54, 1.807) is 0 Å². The molecule has 17 heavy (non-hydrogen) atoms. The van der Waals surface area contributed by atoms with Crippen LogP contribution in [0.2, 0.25) is 0 Å². The Kier molecular flexibility index (Phi) is 2.46. The highest BCUT2D eigenvalue weighted by Crippen LogP contribution is 2.72. The minimum atomic E-state index is -0.0449. The number of Topliss-reactive ketones (excluding diaryl/α,β-unsaturated/α-hetero) is 1. The molecule has 0 aromatic rings. The Morgan fingerprint density at radius 1 is 1.47 bits per heavy atom. The summed E-state index contributed by atoms with van der Waals surface area (Å²) < 4.78 is 0. The Balaban J connectivity index is 1.93. The average Bonchev–Trinajstić information content (AvgIpc) is 2.29. The number of carbonyl (C=O) groups is 1. The molecule has 0 spiro atoms. The van der Waals surface area contributed by atoms with Crippen molar-refractivity contribution in [3.63, 3.8) is 0 Å². The van der Waals surface area contributed by atoms with Gasteiger partial charge in [0.1, 0.15) is 5.78 Å². The highest BCUT2D eigenvalue weighted by Gasteiger charge is 2.69. The van der Waals surface area contributed by atoms with Crippen LogP contribution in [0.4, 0.5) is 0 Å². The van der Waals surface area contributed by atoms with Crippen LogP contribution in [0.3, 0.4) is 0 Å². The number of aliphatic hydroxyl groups excluding tert-OH is 1. The zero-order valence-corrected chi connectivity index (χ0v) is 11.1. The molecule has 6 atom stereocenters. The number of carbonyl (C=O) groups excluding carboxylic acids is 1. The van der Waals surface area contributed by atoms with Gasteiger partial charge in [-0.1, -0.05) is 20.8 Å². The second-order valence-corrected chi connectivity index (χ2v) is 7.12. The maximum Gasteiger partial charge on any atom is 0.138 e. The van der Waals surface area contributed by atoms with Crippen molar-refractivity contribution in [2.45, 2.75) is 40.0 Å². The molecule has 0 aliphatic heterocycles. The quantitative estimate of drug-likeness (QED) is 0.800. The van der Waals surface area contributed by atoms with Crippen LogP contribution in [0.25, 0.3) is 0 Å². The van der Waals surface area contributed by atoms with Gasteiger partial charge in [-0.3, -0.25) is 4.79 Å². The summed E-state index contributed by atoms with van der Waals surface area (Å²) in [5.41, 5.74) is 0.372. The van der Waals surface area contributed by atoms with E-state index in [1.807, 2.05) is 0 Å². The van der Waals surface area contributed by atoms with Gasteiger partial charge in [-0.2, -0.15) is 0 Å². The number of ketones is 1. The summed E-state index contributed by atoms with van der Waals surface area (Å²) in [6.45, 7) is 7.08. The van der Waals surface area contributed by atoms with E-state index in [0.717, 1.165) is 24.2 Å². The number of fused-ring (bicyclic) bond motifs is 2. The first kappa shape index (κ1) is 11.7. The summed E-state index contributed by atoms with van der Waals surface area (Å²) in [6, 6.07) is 0. The van der Waals surface area contributed by atoms with Crippen LogP contribution < -0.4 is 0 Å². The van der Waals surface area contributed by atoms with Crippen LogP contribution in [-0.4, -0.2) is 17.5 Å². The van der Waals surface area contributed by atoms with E-state index < -0.39 is 0 Å². The molecular formula is C15H24O2. The van der Waals surface area contributed by atoms with Gasteiger partial charge in [0.05, 0.1) is 6.61 Å². The Morgan fingerprint density at radius 2 is 2.18 bits per heavy atom. The van der Waals surface area contributed by atoms with Crippen molar-refractivity contribution >= 4 is 5.78 Å². The standard InChI is InChI=1S/C15H24O2/c1-8(2)9-4-5-15(3)11-6-12(17)10(7-16)14(15)13(9)11/h8-11,13-14,16H,4-7H2,1-3H3. The number of hydrogen-bond acceptors (Lipinski definition) is 2. The molecule has 0 aromatic carbocycles. The Bertz CT molecular complexity index is 349. The van der Waals surface area contributed by atoms with Gasteiger partial charge in [0.2, 0.25) is 0 Å².